The van der Waals surface area contributed by atoms with E-state index in [1.807, 2.05) is 0 Å². The summed E-state index contributed by atoms with van der Waals surface area (Å²) in [5, 5.41) is 0. The Labute approximate surface area is 98.9 Å². The van der Waals surface area contributed by atoms with Gasteiger partial charge in [0.05, 0.1) is 0 Å². The van der Waals surface area contributed by atoms with Gasteiger partial charge in [0.1, 0.15) is 0 Å². The molecule has 0 bridgehead atoms. The molecule has 0 heterocycles. The molecule has 0 radical (unpaired) electrons. The molecule has 72 valence electrons. The molecule has 1 aliphatic rings. The Hall–Kier alpha value is -0.570. The molecule has 14 heavy (non-hydrogen) atoms. The molecule has 0 spiro atoms. The van der Waals surface area contributed by atoms with Gasteiger partial charge in [-0.2, -0.15) is 0 Å². The van der Waals surface area contributed by atoms with Gasteiger partial charge in [0.2, 0.25) is 0 Å². The van der Waals surface area contributed by atoms with E-state index in [0.29, 0.717) is 0 Å². The van der Waals surface area contributed by atoms with Gasteiger partial charge in [0.15, 0.2) is 3.58 Å². The number of rotatable bonds is 1. The van der Waals surface area contributed by atoms with E-state index in [4.69, 9.17) is 0 Å². The molecule has 0 nitrogen and oxygen atoms in total. The third-order valence-electron chi connectivity index (χ3n) is 2.60. The largest absolute Gasteiger partial charge is 0.297 e. The summed E-state index contributed by atoms with van der Waals surface area (Å²) in [6, 6.07) is 8.65. The van der Waals surface area contributed by atoms with Gasteiger partial charge >= 0.3 is 0 Å². The summed E-state index contributed by atoms with van der Waals surface area (Å²) in [5.74, 6) is 0. The van der Waals surface area contributed by atoms with Crippen molar-refractivity contribution in [2.24, 2.45) is 0 Å². The van der Waals surface area contributed by atoms with Crippen LogP contribution in [0.4, 0.5) is 0 Å². The average Bonchev–Trinajstić information content (AvgIpc) is 2.20. The molecule has 1 aromatic rings. The summed E-state index contributed by atoms with van der Waals surface area (Å²) in [4.78, 5) is 0. The first-order chi connectivity index (χ1) is 6.79. The van der Waals surface area contributed by atoms with Crippen LogP contribution in [0.3, 0.4) is 0 Å². The van der Waals surface area contributed by atoms with Gasteiger partial charge in [-0.15, -0.1) is 0 Å². The highest BCUT2D eigenvalue weighted by Crippen LogP contribution is 2.26. The zero-order valence-electron chi connectivity index (χ0n) is 8.29. The van der Waals surface area contributed by atoms with Crippen molar-refractivity contribution in [3.8, 4) is 0 Å². The Morgan fingerprint density at radius 2 is 2.00 bits per heavy atom. The van der Waals surface area contributed by atoms with E-state index in [-0.39, 0.29) is 0 Å². The van der Waals surface area contributed by atoms with Crippen LogP contribution in [-0.4, -0.2) is 0 Å². The van der Waals surface area contributed by atoms with Gasteiger partial charge in [-0.1, -0.05) is 30.3 Å². The summed E-state index contributed by atoms with van der Waals surface area (Å²) >= 11 is 2.13. The molecule has 0 aliphatic heterocycles. The van der Waals surface area contributed by atoms with Gasteiger partial charge in [-0.05, 0) is 37.0 Å². The predicted molar refractivity (Wildman–Crippen MR) is 57.9 cm³/mol. The van der Waals surface area contributed by atoms with Crippen molar-refractivity contribution in [3.63, 3.8) is 0 Å². The maximum atomic E-state index is 2.26. The number of hydrogen-bond donors (Lipinski definition) is 0. The third kappa shape index (κ3) is 1.92. The van der Waals surface area contributed by atoms with Gasteiger partial charge < -0.3 is 0 Å². The molecule has 0 aromatic heterocycles. The fourth-order valence-corrected chi connectivity index (χ4v) is 2.70. The van der Waals surface area contributed by atoms with Crippen molar-refractivity contribution in [2.45, 2.75) is 19.8 Å². The minimum absolute atomic E-state index is 1.18. The van der Waals surface area contributed by atoms with Crippen LogP contribution in [0.2, 0.25) is 0 Å². The average molecular weight is 297 g/mol. The van der Waals surface area contributed by atoms with Crippen LogP contribution in [0.25, 0.3) is 5.57 Å². The van der Waals surface area contributed by atoms with Crippen LogP contribution in [0, 0.1) is 6.92 Å². The smallest absolute Gasteiger partial charge is 0.0797 e. The van der Waals surface area contributed by atoms with Crippen molar-refractivity contribution >= 4 is 5.57 Å². The molecular weight excluding hydrogens is 283 g/mol. The molecule has 0 atom stereocenters. The van der Waals surface area contributed by atoms with Crippen LogP contribution in [0.1, 0.15) is 24.0 Å². The summed E-state index contributed by atoms with van der Waals surface area (Å²) in [6.45, 7) is 2.19. The molecule has 0 fully saturated rings. The topological polar surface area (TPSA) is 0 Å². The third-order valence-corrected chi connectivity index (χ3v) is 3.69. The lowest BCUT2D eigenvalue weighted by Gasteiger charge is -2.11. The van der Waals surface area contributed by atoms with E-state index in [0.717, 1.165) is 0 Å². The van der Waals surface area contributed by atoms with Crippen molar-refractivity contribution < 1.29 is 22.6 Å². The second kappa shape index (κ2) is 4.30. The van der Waals surface area contributed by atoms with Gasteiger partial charge in [-0.3, -0.25) is 0 Å². The van der Waals surface area contributed by atoms with Crippen molar-refractivity contribution in [2.75, 3.05) is 0 Å². The maximum absolute atomic E-state index is 2.26. The fourth-order valence-electron chi connectivity index (χ4n) is 1.82. The zero-order valence-corrected chi connectivity index (χ0v) is 10.6. The zero-order chi connectivity index (χ0) is 9.97. The summed E-state index contributed by atoms with van der Waals surface area (Å²) < 4.78 is 1.43. The quantitative estimate of drug-likeness (QED) is 0.656. The minimum Gasteiger partial charge on any atom is -0.0797 e. The maximum Gasteiger partial charge on any atom is 0.297 e. The minimum atomic E-state index is 1.18. The van der Waals surface area contributed by atoms with E-state index < -0.39 is 0 Å². The Bertz CT molecular complexity index is 399. The van der Waals surface area contributed by atoms with Crippen LogP contribution in [0.5, 0.6) is 0 Å². The second-order valence-corrected chi connectivity index (χ2v) is 4.85. The Kier molecular flexibility index (Phi) is 3.06. The second-order valence-electron chi connectivity index (χ2n) is 3.60. The van der Waals surface area contributed by atoms with Gasteiger partial charge in [0.25, 0.3) is 22.6 Å². The molecule has 1 heteroatoms. The van der Waals surface area contributed by atoms with Crippen molar-refractivity contribution in [1.82, 2.24) is 0 Å². The van der Waals surface area contributed by atoms with Crippen LogP contribution in [0.15, 0.2) is 40.0 Å². The highest BCUT2D eigenvalue weighted by molar-refractivity contribution is 5.72. The van der Waals surface area contributed by atoms with Crippen LogP contribution in [-0.2, 0) is 0 Å². The molecule has 1 aromatic carbocycles. The molecule has 0 unspecified atom stereocenters. The van der Waals surface area contributed by atoms with Crippen molar-refractivity contribution in [3.05, 3.63) is 51.1 Å². The van der Waals surface area contributed by atoms with Crippen LogP contribution < -0.4 is 22.6 Å². The lowest BCUT2D eigenvalue weighted by Crippen LogP contribution is -3.33. The standard InChI is InChI=1S/C13H14I/c1-10-6-2-3-7-11(10)12-8-4-5-9-13(12)14/h2-3,5-7,9,14H,4,8H2,1H3/q+1. The molecule has 0 saturated carbocycles. The highest BCUT2D eigenvalue weighted by Gasteiger charge is 2.14. The number of halogens is 1. The molecule has 0 N–H and O–H groups in total. The first kappa shape index (κ1) is 9.97. The van der Waals surface area contributed by atoms with Crippen molar-refractivity contribution in [1.29, 1.82) is 0 Å². The summed E-state index contributed by atoms with van der Waals surface area (Å²) in [6.07, 6.45) is 6.88. The Balaban J connectivity index is 2.49. The summed E-state index contributed by atoms with van der Waals surface area (Å²) in [5.41, 5.74) is 4.34. The van der Waals surface area contributed by atoms with Gasteiger partial charge in [0, 0.05) is 5.57 Å². The highest BCUT2D eigenvalue weighted by atomic mass is 127. The van der Waals surface area contributed by atoms with E-state index in [1.165, 1.54) is 33.1 Å². The Morgan fingerprint density at radius 1 is 1.21 bits per heavy atom. The first-order valence-corrected chi connectivity index (χ1v) is 6.08. The molecular formula is C13H14I+. The number of aryl methyl sites for hydroxylation is 1. The monoisotopic (exact) mass is 297 g/mol. The van der Waals surface area contributed by atoms with Gasteiger partial charge in [-0.25, -0.2) is 0 Å². The number of allylic oxidation sites excluding steroid dienone is 4. The summed E-state index contributed by atoms with van der Waals surface area (Å²) in [7, 11) is 0. The first-order valence-electron chi connectivity index (χ1n) is 4.92. The number of hydrogen-bond acceptors (Lipinski definition) is 0. The Morgan fingerprint density at radius 3 is 2.71 bits per heavy atom. The lowest BCUT2D eigenvalue weighted by molar-refractivity contribution is -0.294. The SMILES string of the molecule is Cc1ccccc1C1=C([IH+])C=CCC1. The lowest BCUT2D eigenvalue weighted by atomic mass is 9.94. The molecule has 2 rings (SSSR count). The van der Waals surface area contributed by atoms with E-state index >= 15 is 0 Å². The van der Waals surface area contributed by atoms with E-state index in [2.05, 4.69) is 65.9 Å². The normalized spacial score (nSPS) is 16.1. The van der Waals surface area contributed by atoms with E-state index in [1.54, 1.807) is 0 Å². The predicted octanol–water partition coefficient (Wildman–Crippen LogP) is 0.342. The van der Waals surface area contributed by atoms with Crippen LogP contribution >= 0.6 is 0 Å². The fraction of sp³-hybridized carbons (Fsp3) is 0.231. The molecule has 0 amide bonds. The van der Waals surface area contributed by atoms with E-state index in [9.17, 15) is 0 Å². The number of benzene rings is 1. The molecule has 0 saturated heterocycles. The molecule has 1 aliphatic carbocycles.